The summed E-state index contributed by atoms with van der Waals surface area (Å²) in [5.41, 5.74) is -0.994. The first-order valence-corrected chi connectivity index (χ1v) is 10.7. The molecule has 3 atom stereocenters. The van der Waals surface area contributed by atoms with Gasteiger partial charge in [-0.15, -0.1) is 0 Å². The van der Waals surface area contributed by atoms with Gasteiger partial charge >= 0.3 is 12.2 Å². The standard InChI is InChI=1S/C22H28F3N3O3/c1-14(2)18-13-31-21-10-11-27(12-16(21)6-9-19(29)28(18)21)20(30)26(3)17-7-4-15(5-8-17)22(23,24)25/h4-5,7-8,14,16,18H,6,9-13H2,1-3H3/t16-,18-,21?/m1/s1. The summed E-state index contributed by atoms with van der Waals surface area (Å²) in [6.45, 7) is 5.57. The summed E-state index contributed by atoms with van der Waals surface area (Å²) in [6, 6.07) is 4.35. The molecule has 3 heterocycles. The number of alkyl halides is 3. The number of carbonyl (C=O) groups excluding carboxylic acids is 2. The van der Waals surface area contributed by atoms with Crippen LogP contribution in [0.15, 0.2) is 24.3 Å². The smallest absolute Gasteiger partial charge is 0.353 e. The summed E-state index contributed by atoms with van der Waals surface area (Å²) in [4.78, 5) is 30.8. The summed E-state index contributed by atoms with van der Waals surface area (Å²) in [7, 11) is 1.56. The minimum Gasteiger partial charge on any atom is -0.353 e. The quantitative estimate of drug-likeness (QED) is 0.701. The van der Waals surface area contributed by atoms with E-state index in [1.807, 2.05) is 4.90 Å². The Morgan fingerprint density at radius 2 is 1.94 bits per heavy atom. The molecule has 1 unspecified atom stereocenters. The van der Waals surface area contributed by atoms with Gasteiger partial charge in [0.2, 0.25) is 5.91 Å². The van der Waals surface area contributed by atoms with Gasteiger partial charge in [-0.3, -0.25) is 9.69 Å². The molecule has 3 fully saturated rings. The predicted octanol–water partition coefficient (Wildman–Crippen LogP) is 3.96. The molecule has 3 aliphatic rings. The van der Waals surface area contributed by atoms with Crippen molar-refractivity contribution < 1.29 is 27.5 Å². The van der Waals surface area contributed by atoms with Gasteiger partial charge in [0.05, 0.1) is 18.2 Å². The molecule has 0 bridgehead atoms. The molecule has 31 heavy (non-hydrogen) atoms. The van der Waals surface area contributed by atoms with Crippen LogP contribution in [0.5, 0.6) is 0 Å². The Labute approximate surface area is 179 Å². The van der Waals surface area contributed by atoms with Crippen LogP contribution in [0, 0.1) is 11.8 Å². The lowest BCUT2D eigenvalue weighted by atomic mass is 9.79. The first-order valence-electron chi connectivity index (χ1n) is 10.7. The average molecular weight is 439 g/mol. The number of piperidine rings is 2. The Morgan fingerprint density at radius 1 is 1.26 bits per heavy atom. The number of anilines is 1. The summed E-state index contributed by atoms with van der Waals surface area (Å²) in [6.07, 6.45) is -2.77. The van der Waals surface area contributed by atoms with Crippen LogP contribution in [0.25, 0.3) is 0 Å². The first-order chi connectivity index (χ1) is 14.5. The fourth-order valence-corrected chi connectivity index (χ4v) is 5.15. The van der Waals surface area contributed by atoms with Crippen LogP contribution < -0.4 is 4.90 Å². The number of hydrogen-bond donors (Lipinski definition) is 0. The van der Waals surface area contributed by atoms with Crippen LogP contribution in [-0.4, -0.2) is 60.2 Å². The molecule has 0 radical (unpaired) electrons. The highest BCUT2D eigenvalue weighted by atomic mass is 19.4. The molecule has 0 aliphatic carbocycles. The number of rotatable bonds is 2. The molecule has 9 heteroatoms. The highest BCUT2D eigenvalue weighted by Gasteiger charge is 2.59. The van der Waals surface area contributed by atoms with Gasteiger partial charge < -0.3 is 14.5 Å². The van der Waals surface area contributed by atoms with E-state index in [1.165, 1.54) is 17.0 Å². The molecule has 4 rings (SSSR count). The Bertz CT molecular complexity index is 858. The van der Waals surface area contributed by atoms with E-state index in [4.69, 9.17) is 4.74 Å². The van der Waals surface area contributed by atoms with Crippen LogP contribution in [0.2, 0.25) is 0 Å². The number of likely N-dealkylation sites (tertiary alicyclic amines) is 1. The van der Waals surface area contributed by atoms with E-state index < -0.39 is 17.5 Å². The zero-order chi connectivity index (χ0) is 22.6. The molecule has 170 valence electrons. The second-order valence-electron chi connectivity index (χ2n) is 9.05. The van der Waals surface area contributed by atoms with Crippen LogP contribution in [0.3, 0.4) is 0 Å². The summed E-state index contributed by atoms with van der Waals surface area (Å²) >= 11 is 0. The second kappa shape index (κ2) is 7.69. The fraction of sp³-hybridized carbons (Fsp3) is 0.636. The van der Waals surface area contributed by atoms with E-state index in [1.54, 1.807) is 11.9 Å². The Hall–Kier alpha value is -2.29. The normalized spacial score (nSPS) is 28.5. The van der Waals surface area contributed by atoms with Crippen molar-refractivity contribution in [1.82, 2.24) is 9.80 Å². The molecule has 3 saturated heterocycles. The third-order valence-electron chi connectivity index (χ3n) is 6.95. The number of halogens is 3. The third kappa shape index (κ3) is 3.66. The number of hydrogen-bond acceptors (Lipinski definition) is 3. The highest BCUT2D eigenvalue weighted by molar-refractivity contribution is 5.91. The summed E-state index contributed by atoms with van der Waals surface area (Å²) < 4.78 is 44.7. The average Bonchev–Trinajstić information content (AvgIpc) is 3.13. The number of carbonyl (C=O) groups is 2. The molecule has 1 spiro atoms. The van der Waals surface area contributed by atoms with Gasteiger partial charge in [0, 0.05) is 44.6 Å². The van der Waals surface area contributed by atoms with E-state index in [-0.39, 0.29) is 29.8 Å². The maximum atomic E-state index is 13.1. The predicted molar refractivity (Wildman–Crippen MR) is 108 cm³/mol. The number of amides is 3. The van der Waals surface area contributed by atoms with Crippen molar-refractivity contribution in [3.8, 4) is 0 Å². The van der Waals surface area contributed by atoms with Crippen molar-refractivity contribution in [1.29, 1.82) is 0 Å². The molecular formula is C22H28F3N3O3. The van der Waals surface area contributed by atoms with Gasteiger partial charge in [-0.25, -0.2) is 4.79 Å². The van der Waals surface area contributed by atoms with E-state index in [2.05, 4.69) is 13.8 Å². The monoisotopic (exact) mass is 439 g/mol. The van der Waals surface area contributed by atoms with Gasteiger partial charge in [0.25, 0.3) is 0 Å². The minimum absolute atomic E-state index is 0.0210. The Balaban J connectivity index is 1.48. The number of urea groups is 1. The third-order valence-corrected chi connectivity index (χ3v) is 6.95. The van der Waals surface area contributed by atoms with E-state index in [0.29, 0.717) is 44.6 Å². The van der Waals surface area contributed by atoms with Crippen molar-refractivity contribution in [3.63, 3.8) is 0 Å². The molecule has 0 aromatic heterocycles. The van der Waals surface area contributed by atoms with Crippen LogP contribution in [-0.2, 0) is 15.7 Å². The van der Waals surface area contributed by atoms with Crippen molar-refractivity contribution in [2.75, 3.05) is 31.6 Å². The van der Waals surface area contributed by atoms with Crippen LogP contribution in [0.1, 0.15) is 38.7 Å². The van der Waals surface area contributed by atoms with E-state index in [0.717, 1.165) is 12.1 Å². The van der Waals surface area contributed by atoms with Crippen LogP contribution in [0.4, 0.5) is 23.7 Å². The SMILES string of the molecule is CC(C)[C@H]1COC23CCN(C(=O)N(C)c4ccc(C(F)(F)F)cc4)C[C@H]2CCC(=O)N13. The molecule has 1 aromatic carbocycles. The van der Waals surface area contributed by atoms with Gasteiger partial charge in [0.15, 0.2) is 0 Å². The largest absolute Gasteiger partial charge is 0.416 e. The molecule has 0 N–H and O–H groups in total. The molecule has 3 amide bonds. The lowest BCUT2D eigenvalue weighted by Crippen LogP contribution is -2.66. The molecular weight excluding hydrogens is 411 g/mol. The maximum Gasteiger partial charge on any atom is 0.416 e. The Kier molecular flexibility index (Phi) is 5.44. The fourth-order valence-electron chi connectivity index (χ4n) is 5.15. The Morgan fingerprint density at radius 3 is 2.55 bits per heavy atom. The zero-order valence-electron chi connectivity index (χ0n) is 18.0. The second-order valence-corrected chi connectivity index (χ2v) is 9.05. The van der Waals surface area contributed by atoms with E-state index in [9.17, 15) is 22.8 Å². The first kappa shape index (κ1) is 21.9. The number of benzene rings is 1. The molecule has 3 aliphatic heterocycles. The topological polar surface area (TPSA) is 53.1 Å². The van der Waals surface area contributed by atoms with Gasteiger partial charge in [-0.2, -0.15) is 13.2 Å². The van der Waals surface area contributed by atoms with Crippen molar-refractivity contribution in [2.45, 2.75) is 51.1 Å². The maximum absolute atomic E-state index is 13.1. The number of nitrogens with zero attached hydrogens (tertiary/aromatic N) is 3. The highest BCUT2D eigenvalue weighted by Crippen LogP contribution is 2.47. The van der Waals surface area contributed by atoms with Gasteiger partial charge in [-0.05, 0) is 36.6 Å². The molecule has 0 saturated carbocycles. The zero-order valence-corrected chi connectivity index (χ0v) is 18.0. The molecule has 1 aromatic rings. The van der Waals surface area contributed by atoms with Gasteiger partial charge in [-0.1, -0.05) is 13.8 Å². The van der Waals surface area contributed by atoms with E-state index >= 15 is 0 Å². The van der Waals surface area contributed by atoms with Crippen molar-refractivity contribution in [3.05, 3.63) is 29.8 Å². The molecule has 6 nitrogen and oxygen atoms in total. The lowest BCUT2D eigenvalue weighted by molar-refractivity contribution is -0.189. The van der Waals surface area contributed by atoms with Crippen molar-refractivity contribution in [2.24, 2.45) is 11.8 Å². The van der Waals surface area contributed by atoms with Crippen molar-refractivity contribution >= 4 is 17.6 Å². The summed E-state index contributed by atoms with van der Waals surface area (Å²) in [5.74, 6) is 0.425. The number of ether oxygens (including phenoxy) is 1. The van der Waals surface area contributed by atoms with Gasteiger partial charge in [0.1, 0.15) is 5.72 Å². The van der Waals surface area contributed by atoms with Crippen LogP contribution >= 0.6 is 0 Å². The summed E-state index contributed by atoms with van der Waals surface area (Å²) in [5, 5.41) is 0. The minimum atomic E-state index is -4.41. The lowest BCUT2D eigenvalue weighted by Gasteiger charge is -2.53.